The molecule has 1 spiro atoms. The van der Waals surface area contributed by atoms with Crippen LogP contribution in [0.1, 0.15) is 71.4 Å². The first-order valence-corrected chi connectivity index (χ1v) is 13.7. The fourth-order valence-corrected chi connectivity index (χ4v) is 6.43. The van der Waals surface area contributed by atoms with Gasteiger partial charge >= 0.3 is 5.97 Å². The number of carbonyl (C=O) groups excluding carboxylic acids is 1. The molecule has 6 nitrogen and oxygen atoms in total. The molecule has 2 N–H and O–H groups in total. The number of aliphatic carboxylic acids is 1. The first-order chi connectivity index (χ1) is 18.3. The largest absolute Gasteiger partial charge is 0.481 e. The number of anilines is 1. The SMILES string of the molecule is Cc1nc(C)c(-c2ccc(C(=O)NCc3ccccc3)cc2)c(N2CCC3(CCCCC3)C2)c1CC(=O)O. The lowest BCUT2D eigenvalue weighted by atomic mass is 9.73. The molecule has 6 heteroatoms. The first-order valence-electron chi connectivity index (χ1n) is 13.7. The number of aromatic nitrogens is 1. The Morgan fingerprint density at radius 1 is 0.947 bits per heavy atom. The number of aryl methyl sites for hydroxylation is 2. The van der Waals surface area contributed by atoms with Gasteiger partial charge in [0.2, 0.25) is 0 Å². The predicted molar refractivity (Wildman–Crippen MR) is 150 cm³/mol. The summed E-state index contributed by atoms with van der Waals surface area (Å²) in [6, 6.07) is 17.5. The Balaban J connectivity index is 1.47. The lowest BCUT2D eigenvalue weighted by Gasteiger charge is -2.34. The molecule has 2 heterocycles. The van der Waals surface area contributed by atoms with Crippen molar-refractivity contribution in [2.45, 2.75) is 65.3 Å². The highest BCUT2D eigenvalue weighted by Gasteiger charge is 2.40. The molecule has 3 aromatic rings. The molecule has 1 saturated heterocycles. The van der Waals surface area contributed by atoms with E-state index >= 15 is 0 Å². The lowest BCUT2D eigenvalue weighted by Crippen LogP contribution is -2.30. The lowest BCUT2D eigenvalue weighted by molar-refractivity contribution is -0.136. The summed E-state index contributed by atoms with van der Waals surface area (Å²) in [6.45, 7) is 6.30. The summed E-state index contributed by atoms with van der Waals surface area (Å²) in [5.74, 6) is -0.965. The van der Waals surface area contributed by atoms with E-state index in [1.54, 1.807) is 0 Å². The van der Waals surface area contributed by atoms with Gasteiger partial charge in [0, 0.05) is 47.7 Å². The van der Waals surface area contributed by atoms with Crippen LogP contribution in [-0.4, -0.2) is 35.1 Å². The summed E-state index contributed by atoms with van der Waals surface area (Å²) in [6.07, 6.45) is 7.49. The van der Waals surface area contributed by atoms with Gasteiger partial charge in [0.25, 0.3) is 5.91 Å². The van der Waals surface area contributed by atoms with E-state index in [0.29, 0.717) is 17.5 Å². The van der Waals surface area contributed by atoms with Gasteiger partial charge in [0.15, 0.2) is 0 Å². The molecule has 1 amide bonds. The zero-order valence-electron chi connectivity index (χ0n) is 22.4. The number of carbonyl (C=O) groups is 2. The van der Waals surface area contributed by atoms with Gasteiger partial charge in [-0.05, 0) is 61.8 Å². The number of nitrogens with zero attached hydrogens (tertiary/aromatic N) is 2. The summed E-state index contributed by atoms with van der Waals surface area (Å²) in [5, 5.41) is 12.8. The van der Waals surface area contributed by atoms with Crippen molar-refractivity contribution in [1.82, 2.24) is 10.3 Å². The van der Waals surface area contributed by atoms with Crippen LogP contribution in [0.2, 0.25) is 0 Å². The minimum Gasteiger partial charge on any atom is -0.481 e. The Morgan fingerprint density at radius 3 is 2.34 bits per heavy atom. The maximum Gasteiger partial charge on any atom is 0.307 e. The highest BCUT2D eigenvalue weighted by Crippen LogP contribution is 2.48. The van der Waals surface area contributed by atoms with Gasteiger partial charge in [-0.2, -0.15) is 0 Å². The van der Waals surface area contributed by atoms with Crippen molar-refractivity contribution in [3.63, 3.8) is 0 Å². The van der Waals surface area contributed by atoms with Crippen LogP contribution in [0.15, 0.2) is 54.6 Å². The number of benzene rings is 2. The van der Waals surface area contributed by atoms with E-state index in [1.807, 2.05) is 68.4 Å². The molecule has 5 rings (SSSR count). The van der Waals surface area contributed by atoms with E-state index in [4.69, 9.17) is 4.98 Å². The third-order valence-electron chi connectivity index (χ3n) is 8.39. The van der Waals surface area contributed by atoms with Crippen LogP contribution in [-0.2, 0) is 17.8 Å². The number of nitrogens with one attached hydrogen (secondary N) is 1. The molecule has 2 aliphatic rings. The van der Waals surface area contributed by atoms with Gasteiger partial charge in [-0.25, -0.2) is 0 Å². The molecule has 38 heavy (non-hydrogen) atoms. The van der Waals surface area contributed by atoms with Crippen LogP contribution in [0.4, 0.5) is 5.69 Å². The highest BCUT2D eigenvalue weighted by atomic mass is 16.4. The van der Waals surface area contributed by atoms with E-state index in [2.05, 4.69) is 10.2 Å². The van der Waals surface area contributed by atoms with Crippen LogP contribution in [0.25, 0.3) is 11.1 Å². The van der Waals surface area contributed by atoms with Crippen molar-refractivity contribution >= 4 is 17.6 Å². The highest BCUT2D eigenvalue weighted by molar-refractivity contribution is 5.95. The predicted octanol–water partition coefficient (Wildman–Crippen LogP) is 6.08. The molecule has 1 saturated carbocycles. The Kier molecular flexibility index (Phi) is 7.50. The maximum absolute atomic E-state index is 12.8. The number of amides is 1. The maximum atomic E-state index is 12.8. The summed E-state index contributed by atoms with van der Waals surface area (Å²) in [4.78, 5) is 31.9. The molecule has 1 aliphatic carbocycles. The van der Waals surface area contributed by atoms with E-state index < -0.39 is 5.97 Å². The van der Waals surface area contributed by atoms with Crippen LogP contribution in [0.5, 0.6) is 0 Å². The summed E-state index contributed by atoms with van der Waals surface area (Å²) in [5.41, 5.74) is 7.41. The molecular formula is C32H37N3O3. The summed E-state index contributed by atoms with van der Waals surface area (Å²) >= 11 is 0. The smallest absolute Gasteiger partial charge is 0.307 e. The molecule has 0 unspecified atom stereocenters. The molecule has 1 aromatic heterocycles. The van der Waals surface area contributed by atoms with Gasteiger partial charge < -0.3 is 15.3 Å². The summed E-state index contributed by atoms with van der Waals surface area (Å²) < 4.78 is 0. The zero-order chi connectivity index (χ0) is 26.7. The van der Waals surface area contributed by atoms with Gasteiger partial charge in [-0.15, -0.1) is 0 Å². The van der Waals surface area contributed by atoms with Crippen LogP contribution >= 0.6 is 0 Å². The molecule has 2 fully saturated rings. The number of hydrogen-bond acceptors (Lipinski definition) is 4. The van der Waals surface area contributed by atoms with Crippen molar-refractivity contribution in [3.05, 3.63) is 82.7 Å². The molecule has 0 bridgehead atoms. The van der Waals surface area contributed by atoms with Gasteiger partial charge in [-0.3, -0.25) is 14.6 Å². The molecule has 0 atom stereocenters. The number of rotatable bonds is 7. The van der Waals surface area contributed by atoms with Crippen molar-refractivity contribution in [1.29, 1.82) is 0 Å². The standard InChI is InChI=1S/C32H37N3O3/c1-22-27(19-28(36)37)30(35-18-17-32(21-35)15-7-4-8-16-32)29(23(2)34-22)25-11-13-26(14-12-25)31(38)33-20-24-9-5-3-6-10-24/h3,5-6,9-14H,4,7-8,15-21H2,1-2H3,(H,33,38)(H,36,37). The third-order valence-corrected chi connectivity index (χ3v) is 8.39. The fraction of sp³-hybridized carbons (Fsp3) is 0.406. The Morgan fingerprint density at radius 2 is 1.66 bits per heavy atom. The van der Waals surface area contributed by atoms with Gasteiger partial charge in [0.1, 0.15) is 0 Å². The Hall–Kier alpha value is -3.67. The molecule has 2 aromatic carbocycles. The average molecular weight is 512 g/mol. The quantitative estimate of drug-likeness (QED) is 0.402. The van der Waals surface area contributed by atoms with Crippen molar-refractivity contribution in [2.24, 2.45) is 5.41 Å². The second kappa shape index (κ2) is 11.0. The monoisotopic (exact) mass is 511 g/mol. The number of carboxylic acids is 1. The molecular weight excluding hydrogens is 474 g/mol. The minimum absolute atomic E-state index is 0.0507. The Bertz CT molecular complexity index is 1310. The van der Waals surface area contributed by atoms with Crippen LogP contribution in [0.3, 0.4) is 0 Å². The summed E-state index contributed by atoms with van der Waals surface area (Å²) in [7, 11) is 0. The molecule has 1 aliphatic heterocycles. The first kappa shape index (κ1) is 26.0. The van der Waals surface area contributed by atoms with Crippen LogP contribution in [0, 0.1) is 19.3 Å². The van der Waals surface area contributed by atoms with Crippen molar-refractivity contribution in [3.8, 4) is 11.1 Å². The van der Waals surface area contributed by atoms with E-state index in [0.717, 1.165) is 58.8 Å². The van der Waals surface area contributed by atoms with E-state index in [-0.39, 0.29) is 12.3 Å². The van der Waals surface area contributed by atoms with E-state index in [9.17, 15) is 14.7 Å². The second-order valence-corrected chi connectivity index (χ2v) is 11.0. The second-order valence-electron chi connectivity index (χ2n) is 11.0. The zero-order valence-corrected chi connectivity index (χ0v) is 22.4. The average Bonchev–Trinajstić information content (AvgIpc) is 3.32. The molecule has 0 radical (unpaired) electrons. The number of carboxylic acid groups (broad SMARTS) is 1. The van der Waals surface area contributed by atoms with Crippen LogP contribution < -0.4 is 10.2 Å². The van der Waals surface area contributed by atoms with Crippen molar-refractivity contribution < 1.29 is 14.7 Å². The fourth-order valence-electron chi connectivity index (χ4n) is 6.43. The normalized spacial score (nSPS) is 16.5. The number of hydrogen-bond donors (Lipinski definition) is 2. The Labute approximate surface area is 225 Å². The topological polar surface area (TPSA) is 82.5 Å². The van der Waals surface area contributed by atoms with Gasteiger partial charge in [-0.1, -0.05) is 61.7 Å². The third kappa shape index (κ3) is 5.45. The van der Waals surface area contributed by atoms with E-state index in [1.165, 1.54) is 32.1 Å². The van der Waals surface area contributed by atoms with Crippen molar-refractivity contribution in [2.75, 3.05) is 18.0 Å². The number of pyridine rings is 1. The van der Waals surface area contributed by atoms with Gasteiger partial charge in [0.05, 0.1) is 12.1 Å². The minimum atomic E-state index is -0.844. The molecule has 198 valence electrons.